The van der Waals surface area contributed by atoms with Crippen LogP contribution in [0.15, 0.2) is 59.8 Å². The first kappa shape index (κ1) is 22.7. The lowest BCUT2D eigenvalue weighted by atomic mass is 10.3. The van der Waals surface area contributed by atoms with E-state index in [1.54, 1.807) is 7.11 Å². The van der Waals surface area contributed by atoms with Crippen LogP contribution in [-0.4, -0.2) is 43.7 Å². The molecule has 0 aliphatic heterocycles. The molecule has 11 heteroatoms. The van der Waals surface area contributed by atoms with Crippen LogP contribution in [0.1, 0.15) is 23.9 Å². The van der Waals surface area contributed by atoms with Crippen LogP contribution >= 0.6 is 23.1 Å². The molecule has 1 unspecified atom stereocenters. The second-order valence-electron chi connectivity index (χ2n) is 6.89. The van der Waals surface area contributed by atoms with Crippen LogP contribution in [0, 0.1) is 6.92 Å². The Morgan fingerprint density at radius 3 is 2.48 bits per heavy atom. The van der Waals surface area contributed by atoms with E-state index < -0.39 is 6.10 Å². The number of carbonyl (C=O) groups is 1. The van der Waals surface area contributed by atoms with Crippen LogP contribution in [0.4, 0.5) is 5.13 Å². The number of aryl methyl sites for hydroxylation is 1. The van der Waals surface area contributed by atoms with Crippen LogP contribution in [0.5, 0.6) is 11.5 Å². The first-order valence-electron chi connectivity index (χ1n) is 10.1. The number of amides is 1. The lowest BCUT2D eigenvalue weighted by molar-refractivity contribution is -0.113. The number of hydrogen-bond acceptors (Lipinski definition) is 9. The molecule has 0 radical (unpaired) electrons. The normalized spacial score (nSPS) is 11.7. The van der Waals surface area contributed by atoms with E-state index in [2.05, 4.69) is 25.7 Å². The Hall–Kier alpha value is -3.44. The molecule has 4 rings (SSSR count). The molecule has 2 aromatic heterocycles. The number of rotatable bonds is 9. The Morgan fingerprint density at radius 2 is 1.79 bits per heavy atom. The smallest absolute Gasteiger partial charge is 0.236 e. The molecule has 33 heavy (non-hydrogen) atoms. The zero-order chi connectivity index (χ0) is 23.2. The standard InChI is InChI=1S/C22H22N6O3S2/c1-14(31-18-12-8-7-11-17(18)30-3)20-25-27-22(28(20)16-9-5-4-6-10-16)32-13-19(29)23-21-26-24-15(2)33-21/h4-12,14H,13H2,1-3H3,(H,23,26,29). The number of para-hydroxylation sites is 3. The number of aromatic nitrogens is 5. The van der Waals surface area contributed by atoms with Gasteiger partial charge in [0.15, 0.2) is 28.6 Å². The van der Waals surface area contributed by atoms with Crippen molar-refractivity contribution < 1.29 is 14.3 Å². The van der Waals surface area contributed by atoms with Gasteiger partial charge in [-0.15, -0.1) is 20.4 Å². The van der Waals surface area contributed by atoms with Crippen molar-refractivity contribution in [2.24, 2.45) is 0 Å². The fourth-order valence-corrected chi connectivity index (χ4v) is 4.42. The van der Waals surface area contributed by atoms with Crippen molar-refractivity contribution in [2.45, 2.75) is 25.1 Å². The maximum absolute atomic E-state index is 12.4. The fraction of sp³-hybridized carbons (Fsp3) is 0.227. The van der Waals surface area contributed by atoms with E-state index in [0.717, 1.165) is 10.7 Å². The molecule has 0 saturated carbocycles. The van der Waals surface area contributed by atoms with E-state index >= 15 is 0 Å². The first-order chi connectivity index (χ1) is 16.0. The molecular weight excluding hydrogens is 460 g/mol. The summed E-state index contributed by atoms with van der Waals surface area (Å²) in [7, 11) is 1.60. The summed E-state index contributed by atoms with van der Waals surface area (Å²) in [4.78, 5) is 12.4. The highest BCUT2D eigenvalue weighted by Crippen LogP contribution is 2.32. The third-order valence-electron chi connectivity index (χ3n) is 4.51. The highest BCUT2D eigenvalue weighted by Gasteiger charge is 2.22. The third-order valence-corrected chi connectivity index (χ3v) is 6.20. The second kappa shape index (κ2) is 10.5. The van der Waals surface area contributed by atoms with E-state index in [4.69, 9.17) is 9.47 Å². The Balaban J connectivity index is 1.56. The summed E-state index contributed by atoms with van der Waals surface area (Å²) in [6.07, 6.45) is -0.429. The number of nitrogens with zero attached hydrogens (tertiary/aromatic N) is 5. The van der Waals surface area contributed by atoms with Crippen molar-refractivity contribution in [3.8, 4) is 17.2 Å². The summed E-state index contributed by atoms with van der Waals surface area (Å²) in [5.41, 5.74) is 0.871. The predicted molar refractivity (Wildman–Crippen MR) is 127 cm³/mol. The van der Waals surface area contributed by atoms with Gasteiger partial charge < -0.3 is 9.47 Å². The van der Waals surface area contributed by atoms with E-state index in [1.807, 2.05) is 73.0 Å². The van der Waals surface area contributed by atoms with Crippen molar-refractivity contribution in [2.75, 3.05) is 18.2 Å². The fourth-order valence-electron chi connectivity index (χ4n) is 3.05. The van der Waals surface area contributed by atoms with Gasteiger partial charge in [-0.25, -0.2) is 0 Å². The second-order valence-corrected chi connectivity index (χ2v) is 9.01. The zero-order valence-corrected chi connectivity index (χ0v) is 19.9. The number of thioether (sulfide) groups is 1. The van der Waals surface area contributed by atoms with Gasteiger partial charge >= 0.3 is 0 Å². The average Bonchev–Trinajstić information content (AvgIpc) is 3.44. The number of nitrogens with one attached hydrogen (secondary N) is 1. The monoisotopic (exact) mass is 482 g/mol. The molecule has 4 aromatic rings. The van der Waals surface area contributed by atoms with Crippen molar-refractivity contribution in [3.05, 3.63) is 65.4 Å². The molecule has 0 aliphatic rings. The molecule has 2 heterocycles. The van der Waals surface area contributed by atoms with Crippen molar-refractivity contribution in [1.82, 2.24) is 25.0 Å². The van der Waals surface area contributed by atoms with Gasteiger partial charge in [0.25, 0.3) is 0 Å². The van der Waals surface area contributed by atoms with E-state index in [1.165, 1.54) is 23.1 Å². The summed E-state index contributed by atoms with van der Waals surface area (Å²) < 4.78 is 13.4. The number of hydrogen-bond donors (Lipinski definition) is 1. The minimum atomic E-state index is -0.429. The molecule has 0 spiro atoms. The largest absolute Gasteiger partial charge is 0.493 e. The maximum atomic E-state index is 12.4. The molecule has 1 atom stereocenters. The molecule has 0 aliphatic carbocycles. The maximum Gasteiger partial charge on any atom is 0.236 e. The zero-order valence-electron chi connectivity index (χ0n) is 18.3. The van der Waals surface area contributed by atoms with Gasteiger partial charge in [-0.05, 0) is 38.1 Å². The number of methoxy groups -OCH3 is 1. The Kier molecular flexibility index (Phi) is 7.20. The Labute approximate surface area is 199 Å². The van der Waals surface area contributed by atoms with E-state index in [0.29, 0.717) is 27.6 Å². The molecule has 170 valence electrons. The number of carbonyl (C=O) groups excluding carboxylic acids is 1. The average molecular weight is 483 g/mol. The summed E-state index contributed by atoms with van der Waals surface area (Å²) in [5.74, 6) is 1.79. The lowest BCUT2D eigenvalue weighted by Crippen LogP contribution is -2.15. The minimum absolute atomic E-state index is 0.144. The summed E-state index contributed by atoms with van der Waals surface area (Å²) in [5, 5.41) is 21.2. The molecule has 1 amide bonds. The van der Waals surface area contributed by atoms with Crippen LogP contribution in [-0.2, 0) is 4.79 Å². The van der Waals surface area contributed by atoms with E-state index in [-0.39, 0.29) is 11.7 Å². The van der Waals surface area contributed by atoms with Crippen LogP contribution < -0.4 is 14.8 Å². The van der Waals surface area contributed by atoms with Gasteiger partial charge in [0, 0.05) is 5.69 Å². The topological polar surface area (TPSA) is 104 Å². The van der Waals surface area contributed by atoms with Gasteiger partial charge in [-0.2, -0.15) is 0 Å². The molecule has 1 N–H and O–H groups in total. The van der Waals surface area contributed by atoms with Crippen LogP contribution in [0.2, 0.25) is 0 Å². The molecule has 0 saturated heterocycles. The SMILES string of the molecule is COc1ccccc1OC(C)c1nnc(SCC(=O)Nc2nnc(C)s2)n1-c1ccccc1. The highest BCUT2D eigenvalue weighted by atomic mass is 32.2. The number of benzene rings is 2. The van der Waals surface area contributed by atoms with Gasteiger partial charge in [0.05, 0.1) is 12.9 Å². The van der Waals surface area contributed by atoms with Crippen LogP contribution in [0.25, 0.3) is 5.69 Å². The van der Waals surface area contributed by atoms with Crippen LogP contribution in [0.3, 0.4) is 0 Å². The molecule has 0 bridgehead atoms. The number of anilines is 1. The third kappa shape index (κ3) is 5.49. The predicted octanol–water partition coefficient (Wildman–Crippen LogP) is 4.31. The van der Waals surface area contributed by atoms with Crippen molar-refractivity contribution in [1.29, 1.82) is 0 Å². The first-order valence-corrected chi connectivity index (χ1v) is 11.9. The molecule has 0 fully saturated rings. The van der Waals surface area contributed by atoms with Gasteiger partial charge in [-0.3, -0.25) is 14.7 Å². The summed E-state index contributed by atoms with van der Waals surface area (Å²) in [6, 6.07) is 17.2. The Bertz CT molecular complexity index is 1230. The van der Waals surface area contributed by atoms with Crippen molar-refractivity contribution >= 4 is 34.1 Å². The summed E-state index contributed by atoms with van der Waals surface area (Å²) in [6.45, 7) is 3.73. The Morgan fingerprint density at radius 1 is 1.06 bits per heavy atom. The molecular formula is C22H22N6O3S2. The van der Waals surface area contributed by atoms with Gasteiger partial charge in [-0.1, -0.05) is 53.4 Å². The molecule has 9 nitrogen and oxygen atoms in total. The van der Waals surface area contributed by atoms with E-state index in [9.17, 15) is 4.79 Å². The lowest BCUT2D eigenvalue weighted by Gasteiger charge is -2.18. The minimum Gasteiger partial charge on any atom is -0.493 e. The number of ether oxygens (including phenoxy) is 2. The highest BCUT2D eigenvalue weighted by molar-refractivity contribution is 7.99. The van der Waals surface area contributed by atoms with Gasteiger partial charge in [0.2, 0.25) is 11.0 Å². The molecule has 2 aromatic carbocycles. The van der Waals surface area contributed by atoms with Gasteiger partial charge in [0.1, 0.15) is 5.01 Å². The summed E-state index contributed by atoms with van der Waals surface area (Å²) >= 11 is 2.61. The quantitative estimate of drug-likeness (QED) is 0.352. The van der Waals surface area contributed by atoms with Crippen molar-refractivity contribution in [3.63, 3.8) is 0 Å².